The summed E-state index contributed by atoms with van der Waals surface area (Å²) in [5.41, 5.74) is 0. The second-order valence-corrected chi connectivity index (χ2v) is 5.99. The molecule has 0 radical (unpaired) electrons. The van der Waals surface area contributed by atoms with Crippen molar-refractivity contribution in [3.05, 3.63) is 23.9 Å². The molecule has 0 saturated heterocycles. The highest BCUT2D eigenvalue weighted by Crippen LogP contribution is 2.12. The number of carbonyl (C=O) groups excluding carboxylic acids is 2. The van der Waals surface area contributed by atoms with E-state index < -0.39 is 11.9 Å². The third-order valence-corrected chi connectivity index (χ3v) is 4.01. The molecule has 3 heterocycles. The van der Waals surface area contributed by atoms with Crippen LogP contribution in [0.1, 0.15) is 29.3 Å². The summed E-state index contributed by atoms with van der Waals surface area (Å²) in [6.45, 7) is 1.32. The summed E-state index contributed by atoms with van der Waals surface area (Å²) in [5, 5.41) is 11.1. The van der Waals surface area contributed by atoms with Crippen molar-refractivity contribution in [1.82, 2.24) is 29.9 Å². The normalized spacial score (nSPS) is 14.2. The summed E-state index contributed by atoms with van der Waals surface area (Å²) in [6.07, 6.45) is 4.74. The summed E-state index contributed by atoms with van der Waals surface area (Å²) < 4.78 is 3.55. The van der Waals surface area contributed by atoms with Crippen LogP contribution in [0.2, 0.25) is 0 Å². The zero-order valence-corrected chi connectivity index (χ0v) is 13.8. The summed E-state index contributed by atoms with van der Waals surface area (Å²) in [7, 11) is 3.85. The molecule has 9 heteroatoms. The van der Waals surface area contributed by atoms with E-state index in [4.69, 9.17) is 0 Å². The lowest BCUT2D eigenvalue weighted by molar-refractivity contribution is -0.109. The maximum Gasteiger partial charge on any atom is 0.291 e. The number of rotatable bonds is 7. The Bertz CT molecular complexity index is 713. The van der Waals surface area contributed by atoms with Crippen LogP contribution in [-0.2, 0) is 24.3 Å². The highest BCUT2D eigenvalue weighted by atomic mass is 16.2. The van der Waals surface area contributed by atoms with Gasteiger partial charge in [0, 0.05) is 39.7 Å². The number of aryl methyl sites for hydroxylation is 3. The Labute approximate surface area is 139 Å². The highest BCUT2D eigenvalue weighted by Gasteiger charge is 2.22. The van der Waals surface area contributed by atoms with Crippen molar-refractivity contribution in [2.45, 2.75) is 38.4 Å². The number of hydrogen-bond acceptors (Lipinski definition) is 6. The Morgan fingerprint density at radius 2 is 2.33 bits per heavy atom. The molecular weight excluding hydrogens is 310 g/mol. The van der Waals surface area contributed by atoms with Crippen LogP contribution < -0.4 is 10.2 Å². The molecule has 9 nitrogen and oxygen atoms in total. The second-order valence-electron chi connectivity index (χ2n) is 5.99. The Morgan fingerprint density at radius 1 is 1.50 bits per heavy atom. The SMILES string of the molecule is CN(C)c1ccnn1CC[C@@H](C=O)NC(=O)c1nc2n(n1)CCC2. The molecule has 0 aliphatic carbocycles. The largest absolute Gasteiger partial charge is 0.363 e. The van der Waals surface area contributed by atoms with Crippen LogP contribution in [0.25, 0.3) is 0 Å². The van der Waals surface area contributed by atoms with Gasteiger partial charge in [-0.3, -0.25) is 4.79 Å². The molecule has 1 atom stereocenters. The summed E-state index contributed by atoms with van der Waals surface area (Å²) in [4.78, 5) is 29.7. The Kier molecular flexibility index (Phi) is 4.59. The first-order valence-electron chi connectivity index (χ1n) is 7.97. The van der Waals surface area contributed by atoms with Gasteiger partial charge < -0.3 is 15.0 Å². The zero-order chi connectivity index (χ0) is 17.1. The molecule has 1 N–H and O–H groups in total. The van der Waals surface area contributed by atoms with Gasteiger partial charge >= 0.3 is 0 Å². The minimum absolute atomic E-state index is 0.129. The van der Waals surface area contributed by atoms with Crippen LogP contribution in [0.4, 0.5) is 5.82 Å². The Hall–Kier alpha value is -2.71. The quantitative estimate of drug-likeness (QED) is 0.710. The molecule has 1 amide bonds. The van der Waals surface area contributed by atoms with E-state index >= 15 is 0 Å². The number of carbonyl (C=O) groups is 2. The van der Waals surface area contributed by atoms with Gasteiger partial charge in [0.2, 0.25) is 5.82 Å². The number of aromatic nitrogens is 5. The van der Waals surface area contributed by atoms with E-state index in [1.54, 1.807) is 15.6 Å². The first-order chi connectivity index (χ1) is 11.6. The highest BCUT2D eigenvalue weighted by molar-refractivity contribution is 5.92. The van der Waals surface area contributed by atoms with Gasteiger partial charge in [0.25, 0.3) is 5.91 Å². The molecule has 2 aromatic heterocycles. The van der Waals surface area contributed by atoms with Crippen molar-refractivity contribution >= 4 is 18.0 Å². The monoisotopic (exact) mass is 331 g/mol. The molecule has 1 aliphatic heterocycles. The van der Waals surface area contributed by atoms with E-state index in [1.807, 2.05) is 25.1 Å². The third kappa shape index (κ3) is 3.29. The van der Waals surface area contributed by atoms with Crippen LogP contribution in [0.5, 0.6) is 0 Å². The zero-order valence-electron chi connectivity index (χ0n) is 13.8. The van der Waals surface area contributed by atoms with E-state index in [1.165, 1.54) is 0 Å². The lowest BCUT2D eigenvalue weighted by Gasteiger charge is -2.16. The fourth-order valence-corrected chi connectivity index (χ4v) is 2.77. The summed E-state index contributed by atoms with van der Waals surface area (Å²) >= 11 is 0. The van der Waals surface area contributed by atoms with Crippen molar-refractivity contribution in [2.24, 2.45) is 0 Å². The molecule has 0 bridgehead atoms. The van der Waals surface area contributed by atoms with Crippen molar-refractivity contribution in [3.8, 4) is 0 Å². The van der Waals surface area contributed by atoms with E-state index in [-0.39, 0.29) is 5.82 Å². The van der Waals surface area contributed by atoms with Crippen LogP contribution in [0.15, 0.2) is 12.3 Å². The molecular formula is C15H21N7O2. The van der Waals surface area contributed by atoms with Gasteiger partial charge in [0.15, 0.2) is 0 Å². The number of hydrogen-bond donors (Lipinski definition) is 1. The van der Waals surface area contributed by atoms with E-state index in [0.717, 1.165) is 37.3 Å². The molecule has 24 heavy (non-hydrogen) atoms. The minimum Gasteiger partial charge on any atom is -0.363 e. The van der Waals surface area contributed by atoms with Gasteiger partial charge in [-0.2, -0.15) is 5.10 Å². The number of fused-ring (bicyclic) bond motifs is 1. The van der Waals surface area contributed by atoms with E-state index in [0.29, 0.717) is 13.0 Å². The lowest BCUT2D eigenvalue weighted by Crippen LogP contribution is -2.37. The van der Waals surface area contributed by atoms with Crippen LogP contribution in [-0.4, -0.2) is 56.9 Å². The summed E-state index contributed by atoms with van der Waals surface area (Å²) in [5.74, 6) is 1.49. The van der Waals surface area contributed by atoms with Gasteiger partial charge in [0.1, 0.15) is 17.9 Å². The van der Waals surface area contributed by atoms with E-state index in [9.17, 15) is 9.59 Å². The maximum atomic E-state index is 12.2. The first-order valence-corrected chi connectivity index (χ1v) is 7.97. The first kappa shape index (κ1) is 16.2. The number of nitrogens with zero attached hydrogens (tertiary/aromatic N) is 6. The number of aldehydes is 1. The van der Waals surface area contributed by atoms with Crippen LogP contribution >= 0.6 is 0 Å². The molecule has 0 saturated carbocycles. The van der Waals surface area contributed by atoms with Crippen molar-refractivity contribution < 1.29 is 9.59 Å². The Morgan fingerprint density at radius 3 is 3.04 bits per heavy atom. The maximum absolute atomic E-state index is 12.2. The molecule has 1 aliphatic rings. The standard InChI is InChI=1S/C15H21N7O2/c1-20(2)13-5-7-16-22(13)9-6-11(10-23)17-15(24)14-18-12-4-3-8-21(12)19-14/h5,7,10-11H,3-4,6,8-9H2,1-2H3,(H,17,24)/t11-/m0/s1. The van der Waals surface area contributed by atoms with Crippen molar-refractivity contribution in [3.63, 3.8) is 0 Å². The second kappa shape index (κ2) is 6.81. The molecule has 0 unspecified atom stereocenters. The van der Waals surface area contributed by atoms with Crippen molar-refractivity contribution in [2.75, 3.05) is 19.0 Å². The average Bonchev–Trinajstić information content (AvgIpc) is 3.25. The molecule has 0 spiro atoms. The smallest absolute Gasteiger partial charge is 0.291 e. The lowest BCUT2D eigenvalue weighted by atomic mass is 10.2. The summed E-state index contributed by atoms with van der Waals surface area (Å²) in [6, 6.07) is 1.29. The molecule has 0 fully saturated rings. The third-order valence-electron chi connectivity index (χ3n) is 4.01. The molecule has 0 aromatic carbocycles. The Balaban J connectivity index is 1.58. The molecule has 2 aromatic rings. The number of anilines is 1. The van der Waals surface area contributed by atoms with Crippen molar-refractivity contribution in [1.29, 1.82) is 0 Å². The number of nitrogens with one attached hydrogen (secondary N) is 1. The van der Waals surface area contributed by atoms with Crippen LogP contribution in [0.3, 0.4) is 0 Å². The molecule has 3 rings (SSSR count). The fraction of sp³-hybridized carbons (Fsp3) is 0.533. The predicted octanol–water partition coefficient (Wildman–Crippen LogP) is -0.126. The van der Waals surface area contributed by atoms with Gasteiger partial charge in [-0.05, 0) is 12.8 Å². The fourth-order valence-electron chi connectivity index (χ4n) is 2.77. The minimum atomic E-state index is -0.602. The molecule has 128 valence electrons. The van der Waals surface area contributed by atoms with E-state index in [2.05, 4.69) is 20.5 Å². The predicted molar refractivity (Wildman–Crippen MR) is 86.8 cm³/mol. The topological polar surface area (TPSA) is 97.9 Å². The van der Waals surface area contributed by atoms with Crippen LogP contribution in [0, 0.1) is 0 Å². The van der Waals surface area contributed by atoms with Gasteiger partial charge in [0.05, 0.1) is 12.2 Å². The van der Waals surface area contributed by atoms with Gasteiger partial charge in [-0.25, -0.2) is 14.3 Å². The van der Waals surface area contributed by atoms with Gasteiger partial charge in [-0.15, -0.1) is 5.10 Å². The van der Waals surface area contributed by atoms with Gasteiger partial charge in [-0.1, -0.05) is 0 Å². The number of amides is 1. The average molecular weight is 331 g/mol.